The SMILES string of the molecule is Cn1nccc1C(O)c1cnsn1. The summed E-state index contributed by atoms with van der Waals surface area (Å²) in [7, 11) is 1.78. The van der Waals surface area contributed by atoms with Crippen molar-refractivity contribution < 1.29 is 5.11 Å². The molecule has 0 saturated carbocycles. The topological polar surface area (TPSA) is 63.8 Å². The van der Waals surface area contributed by atoms with Crippen LogP contribution in [0.15, 0.2) is 18.5 Å². The average Bonchev–Trinajstić information content (AvgIpc) is 2.72. The van der Waals surface area contributed by atoms with Gasteiger partial charge >= 0.3 is 0 Å². The molecule has 2 aromatic rings. The Morgan fingerprint density at radius 1 is 1.62 bits per heavy atom. The third kappa shape index (κ3) is 1.45. The summed E-state index contributed by atoms with van der Waals surface area (Å²) in [5, 5.41) is 13.8. The number of nitrogens with zero attached hydrogens (tertiary/aromatic N) is 4. The molecule has 5 nitrogen and oxygen atoms in total. The zero-order valence-corrected chi connectivity index (χ0v) is 7.77. The number of hydrogen-bond donors (Lipinski definition) is 1. The lowest BCUT2D eigenvalue weighted by molar-refractivity contribution is 0.206. The Labute approximate surface area is 79.0 Å². The van der Waals surface area contributed by atoms with Gasteiger partial charge in [0, 0.05) is 13.2 Å². The molecule has 13 heavy (non-hydrogen) atoms. The maximum absolute atomic E-state index is 9.79. The molecular weight excluding hydrogens is 188 g/mol. The third-order valence-corrected chi connectivity index (χ3v) is 2.29. The number of aryl methyl sites for hydroxylation is 1. The van der Waals surface area contributed by atoms with Crippen molar-refractivity contribution >= 4 is 11.7 Å². The second-order valence-electron chi connectivity index (χ2n) is 2.61. The van der Waals surface area contributed by atoms with Crippen LogP contribution in [0, 0.1) is 0 Å². The minimum absolute atomic E-state index is 0.564. The van der Waals surface area contributed by atoms with Crippen molar-refractivity contribution in [2.45, 2.75) is 6.10 Å². The van der Waals surface area contributed by atoms with E-state index in [2.05, 4.69) is 13.8 Å². The summed E-state index contributed by atoms with van der Waals surface area (Å²) < 4.78 is 9.39. The molecule has 1 N–H and O–H groups in total. The number of aliphatic hydroxyl groups excluding tert-OH is 1. The van der Waals surface area contributed by atoms with Gasteiger partial charge in [0.15, 0.2) is 0 Å². The third-order valence-electron chi connectivity index (χ3n) is 1.80. The first-order chi connectivity index (χ1) is 6.29. The van der Waals surface area contributed by atoms with E-state index < -0.39 is 6.10 Å². The summed E-state index contributed by atoms with van der Waals surface area (Å²) in [5.74, 6) is 0. The van der Waals surface area contributed by atoms with Crippen LogP contribution in [0.2, 0.25) is 0 Å². The monoisotopic (exact) mass is 196 g/mol. The molecule has 0 bridgehead atoms. The van der Waals surface area contributed by atoms with Crippen LogP contribution in [0.3, 0.4) is 0 Å². The Hall–Kier alpha value is -1.27. The van der Waals surface area contributed by atoms with Gasteiger partial charge in [-0.3, -0.25) is 4.68 Å². The molecule has 0 fully saturated rings. The van der Waals surface area contributed by atoms with E-state index in [1.807, 2.05) is 0 Å². The fourth-order valence-electron chi connectivity index (χ4n) is 1.10. The summed E-state index contributed by atoms with van der Waals surface area (Å²) in [6, 6.07) is 1.75. The molecule has 0 aromatic carbocycles. The second-order valence-corrected chi connectivity index (χ2v) is 3.17. The molecule has 2 heterocycles. The predicted octanol–water partition coefficient (Wildman–Crippen LogP) is 0.353. The first kappa shape index (κ1) is 8.33. The molecule has 1 unspecified atom stereocenters. The van der Waals surface area contributed by atoms with Gasteiger partial charge < -0.3 is 5.11 Å². The number of aromatic nitrogens is 4. The van der Waals surface area contributed by atoms with Gasteiger partial charge in [0.05, 0.1) is 23.6 Å². The number of rotatable bonds is 2. The van der Waals surface area contributed by atoms with Crippen LogP contribution in [0.25, 0.3) is 0 Å². The van der Waals surface area contributed by atoms with Crippen molar-refractivity contribution in [1.29, 1.82) is 0 Å². The van der Waals surface area contributed by atoms with E-state index in [-0.39, 0.29) is 0 Å². The van der Waals surface area contributed by atoms with Crippen molar-refractivity contribution in [2.24, 2.45) is 7.05 Å². The largest absolute Gasteiger partial charge is 0.380 e. The average molecular weight is 196 g/mol. The van der Waals surface area contributed by atoms with Crippen LogP contribution in [0.5, 0.6) is 0 Å². The summed E-state index contributed by atoms with van der Waals surface area (Å²) in [5.41, 5.74) is 1.28. The highest BCUT2D eigenvalue weighted by Crippen LogP contribution is 2.18. The maximum atomic E-state index is 9.79. The maximum Gasteiger partial charge on any atom is 0.140 e. The summed E-state index contributed by atoms with van der Waals surface area (Å²) >= 11 is 1.08. The molecule has 0 radical (unpaired) electrons. The van der Waals surface area contributed by atoms with Gasteiger partial charge in [-0.15, -0.1) is 0 Å². The second kappa shape index (κ2) is 3.23. The van der Waals surface area contributed by atoms with Gasteiger partial charge in [0.25, 0.3) is 0 Å². The first-order valence-electron chi connectivity index (χ1n) is 3.72. The normalized spacial score (nSPS) is 13.1. The van der Waals surface area contributed by atoms with Crippen molar-refractivity contribution in [3.05, 3.63) is 29.8 Å². The van der Waals surface area contributed by atoms with Crippen LogP contribution >= 0.6 is 11.7 Å². The molecular formula is C7H8N4OS. The molecule has 2 rings (SSSR count). The van der Waals surface area contributed by atoms with Gasteiger partial charge in [-0.2, -0.15) is 13.8 Å². The van der Waals surface area contributed by atoms with Crippen LogP contribution < -0.4 is 0 Å². The van der Waals surface area contributed by atoms with Crippen LogP contribution in [0.4, 0.5) is 0 Å². The van der Waals surface area contributed by atoms with Gasteiger partial charge in [-0.25, -0.2) is 0 Å². The summed E-state index contributed by atoms with van der Waals surface area (Å²) in [6.45, 7) is 0. The Kier molecular flexibility index (Phi) is 2.07. The van der Waals surface area contributed by atoms with Crippen LogP contribution in [-0.4, -0.2) is 23.6 Å². The van der Waals surface area contributed by atoms with Crippen LogP contribution in [0.1, 0.15) is 17.5 Å². The van der Waals surface area contributed by atoms with E-state index in [1.165, 1.54) is 0 Å². The number of hydrogen-bond acceptors (Lipinski definition) is 5. The van der Waals surface area contributed by atoms with E-state index >= 15 is 0 Å². The standard InChI is InChI=1S/C7H8N4OS/c1-11-6(2-3-8-11)7(12)5-4-9-13-10-5/h2-4,7,12H,1H3. The summed E-state index contributed by atoms with van der Waals surface area (Å²) in [4.78, 5) is 0. The van der Waals surface area contributed by atoms with E-state index in [1.54, 1.807) is 30.2 Å². The minimum Gasteiger partial charge on any atom is -0.380 e. The van der Waals surface area contributed by atoms with E-state index in [0.29, 0.717) is 11.4 Å². The molecule has 0 aliphatic rings. The zero-order chi connectivity index (χ0) is 9.26. The van der Waals surface area contributed by atoms with Gasteiger partial charge in [0.2, 0.25) is 0 Å². The lowest BCUT2D eigenvalue weighted by Crippen LogP contribution is -2.06. The summed E-state index contributed by atoms with van der Waals surface area (Å²) in [6.07, 6.45) is 2.46. The molecule has 0 amide bonds. The fraction of sp³-hybridized carbons (Fsp3) is 0.286. The quantitative estimate of drug-likeness (QED) is 0.753. The zero-order valence-electron chi connectivity index (χ0n) is 6.95. The highest BCUT2D eigenvalue weighted by atomic mass is 32.1. The molecule has 0 aliphatic carbocycles. The first-order valence-corrected chi connectivity index (χ1v) is 4.45. The van der Waals surface area contributed by atoms with E-state index in [9.17, 15) is 5.11 Å². The van der Waals surface area contributed by atoms with Crippen molar-refractivity contribution in [1.82, 2.24) is 18.5 Å². The minimum atomic E-state index is -0.730. The van der Waals surface area contributed by atoms with Gasteiger partial charge in [-0.1, -0.05) is 0 Å². The molecule has 2 aromatic heterocycles. The van der Waals surface area contributed by atoms with Crippen molar-refractivity contribution in [2.75, 3.05) is 0 Å². The molecule has 0 aliphatic heterocycles. The fourth-order valence-corrected chi connectivity index (χ4v) is 1.54. The highest BCUT2D eigenvalue weighted by molar-refractivity contribution is 6.99. The van der Waals surface area contributed by atoms with Crippen molar-refractivity contribution in [3.8, 4) is 0 Å². The Morgan fingerprint density at radius 3 is 3.00 bits per heavy atom. The van der Waals surface area contributed by atoms with Crippen LogP contribution in [-0.2, 0) is 7.05 Å². The Bertz CT molecular complexity index is 383. The molecule has 1 atom stereocenters. The van der Waals surface area contributed by atoms with Crippen molar-refractivity contribution in [3.63, 3.8) is 0 Å². The Morgan fingerprint density at radius 2 is 2.46 bits per heavy atom. The smallest absolute Gasteiger partial charge is 0.140 e. The van der Waals surface area contributed by atoms with Gasteiger partial charge in [0.1, 0.15) is 11.8 Å². The van der Waals surface area contributed by atoms with E-state index in [4.69, 9.17) is 0 Å². The molecule has 0 saturated heterocycles. The van der Waals surface area contributed by atoms with Gasteiger partial charge in [-0.05, 0) is 6.07 Å². The molecule has 6 heteroatoms. The molecule has 68 valence electrons. The lowest BCUT2D eigenvalue weighted by Gasteiger charge is -2.06. The number of aliphatic hydroxyl groups is 1. The lowest BCUT2D eigenvalue weighted by atomic mass is 10.2. The Balaban J connectivity index is 2.33. The highest BCUT2D eigenvalue weighted by Gasteiger charge is 2.15. The molecule has 0 spiro atoms. The predicted molar refractivity (Wildman–Crippen MR) is 47.2 cm³/mol. The van der Waals surface area contributed by atoms with E-state index in [0.717, 1.165) is 11.7 Å².